The molecule has 84 valence electrons. The Balaban J connectivity index is 2.29. The molecule has 0 aromatic carbocycles. The first-order chi connectivity index (χ1) is 7.22. The molecule has 0 aliphatic rings. The maximum Gasteiger partial charge on any atom is 0.309 e. The third-order valence-electron chi connectivity index (χ3n) is 2.16. The molecule has 1 rings (SSSR count). The van der Waals surface area contributed by atoms with E-state index in [0.29, 0.717) is 5.69 Å². The number of aryl methyl sites for hydroxylation is 1. The summed E-state index contributed by atoms with van der Waals surface area (Å²) in [4.78, 5) is 10.4. The number of hydrogen-bond acceptors (Lipinski definition) is 3. The van der Waals surface area contributed by atoms with Crippen molar-refractivity contribution >= 4 is 5.97 Å². The number of rotatable bonds is 7. The zero-order chi connectivity index (χ0) is 11.1. The van der Waals surface area contributed by atoms with Gasteiger partial charge in [0.25, 0.3) is 0 Å². The van der Waals surface area contributed by atoms with Crippen LogP contribution in [-0.4, -0.2) is 26.1 Å². The monoisotopic (exact) mass is 211 g/mol. The molecule has 0 aliphatic heterocycles. The highest BCUT2D eigenvalue weighted by Crippen LogP contribution is 2.02. The van der Waals surface area contributed by atoms with E-state index in [0.717, 1.165) is 13.0 Å². The van der Waals surface area contributed by atoms with E-state index >= 15 is 0 Å². The van der Waals surface area contributed by atoms with Crippen molar-refractivity contribution in [2.75, 3.05) is 0 Å². The zero-order valence-corrected chi connectivity index (χ0v) is 9.02. The largest absolute Gasteiger partial charge is 0.481 e. The van der Waals surface area contributed by atoms with Crippen LogP contribution in [0.5, 0.6) is 0 Å². The standard InChI is InChI=1S/C10H17N3O2/c1-2-3-4-5-6-13-8-9(11-12-13)7-10(14)15/h8H,2-7H2,1H3,(H,14,15). The number of unbranched alkanes of at least 4 members (excludes halogenated alkanes) is 3. The number of hydrogen-bond donors (Lipinski definition) is 1. The van der Waals surface area contributed by atoms with Crippen molar-refractivity contribution in [3.8, 4) is 0 Å². The van der Waals surface area contributed by atoms with Crippen LogP contribution in [0.4, 0.5) is 0 Å². The van der Waals surface area contributed by atoms with E-state index < -0.39 is 5.97 Å². The Morgan fingerprint density at radius 2 is 2.27 bits per heavy atom. The molecule has 15 heavy (non-hydrogen) atoms. The number of carboxylic acid groups (broad SMARTS) is 1. The highest BCUT2D eigenvalue weighted by atomic mass is 16.4. The highest BCUT2D eigenvalue weighted by Gasteiger charge is 2.04. The van der Waals surface area contributed by atoms with Crippen molar-refractivity contribution in [2.45, 2.75) is 45.6 Å². The Kier molecular flexibility index (Phi) is 4.80. The summed E-state index contributed by atoms with van der Waals surface area (Å²) in [5, 5.41) is 16.2. The highest BCUT2D eigenvalue weighted by molar-refractivity contribution is 5.69. The van der Waals surface area contributed by atoms with Crippen molar-refractivity contribution in [3.63, 3.8) is 0 Å². The summed E-state index contributed by atoms with van der Waals surface area (Å²) in [5.74, 6) is -0.868. The molecule has 0 fully saturated rings. The van der Waals surface area contributed by atoms with Crippen molar-refractivity contribution in [1.82, 2.24) is 15.0 Å². The quantitative estimate of drug-likeness (QED) is 0.694. The van der Waals surface area contributed by atoms with Gasteiger partial charge in [-0.25, -0.2) is 0 Å². The summed E-state index contributed by atoms with van der Waals surface area (Å²) in [6, 6.07) is 0. The molecule has 0 unspecified atom stereocenters. The Hall–Kier alpha value is -1.39. The maximum atomic E-state index is 10.4. The summed E-state index contributed by atoms with van der Waals surface area (Å²) in [6.07, 6.45) is 6.36. The van der Waals surface area contributed by atoms with Gasteiger partial charge >= 0.3 is 5.97 Å². The molecule has 5 nitrogen and oxygen atoms in total. The van der Waals surface area contributed by atoms with Crippen LogP contribution < -0.4 is 0 Å². The minimum absolute atomic E-state index is 0.0467. The van der Waals surface area contributed by atoms with Crippen molar-refractivity contribution in [1.29, 1.82) is 0 Å². The molecular formula is C10H17N3O2. The lowest BCUT2D eigenvalue weighted by Gasteiger charge is -1.98. The third kappa shape index (κ3) is 4.58. The van der Waals surface area contributed by atoms with Crippen LogP contribution in [0, 0.1) is 0 Å². The average Bonchev–Trinajstić information content (AvgIpc) is 2.59. The van der Waals surface area contributed by atoms with E-state index in [2.05, 4.69) is 17.2 Å². The summed E-state index contributed by atoms with van der Waals surface area (Å²) in [7, 11) is 0. The second kappa shape index (κ2) is 6.16. The number of carbonyl (C=O) groups is 1. The van der Waals surface area contributed by atoms with Gasteiger partial charge in [0.05, 0.1) is 12.1 Å². The molecule has 0 atom stereocenters. The fraction of sp³-hybridized carbons (Fsp3) is 0.700. The SMILES string of the molecule is CCCCCCn1cc(CC(=O)O)nn1. The Morgan fingerprint density at radius 1 is 1.47 bits per heavy atom. The van der Waals surface area contributed by atoms with Crippen molar-refractivity contribution in [2.24, 2.45) is 0 Å². The smallest absolute Gasteiger partial charge is 0.309 e. The van der Waals surface area contributed by atoms with Crippen LogP contribution in [0.3, 0.4) is 0 Å². The van der Waals surface area contributed by atoms with Gasteiger partial charge in [0.15, 0.2) is 0 Å². The van der Waals surface area contributed by atoms with E-state index in [4.69, 9.17) is 5.11 Å². The molecule has 0 saturated heterocycles. The van der Waals surface area contributed by atoms with Crippen LogP contribution in [0.2, 0.25) is 0 Å². The molecule has 0 saturated carbocycles. The van der Waals surface area contributed by atoms with Crippen LogP contribution in [-0.2, 0) is 17.8 Å². The number of aliphatic carboxylic acids is 1. The van der Waals surface area contributed by atoms with E-state index in [1.807, 2.05) is 0 Å². The molecule has 0 aliphatic carbocycles. The molecule has 1 heterocycles. The first-order valence-corrected chi connectivity index (χ1v) is 5.33. The lowest BCUT2D eigenvalue weighted by atomic mass is 10.2. The fourth-order valence-corrected chi connectivity index (χ4v) is 1.38. The van der Waals surface area contributed by atoms with Gasteiger partial charge < -0.3 is 5.11 Å². The van der Waals surface area contributed by atoms with E-state index in [1.54, 1.807) is 10.9 Å². The van der Waals surface area contributed by atoms with Crippen molar-refractivity contribution < 1.29 is 9.90 Å². The lowest BCUT2D eigenvalue weighted by molar-refractivity contribution is -0.136. The van der Waals surface area contributed by atoms with Gasteiger partial charge in [0.2, 0.25) is 0 Å². The van der Waals surface area contributed by atoms with Gasteiger partial charge in [-0.15, -0.1) is 5.10 Å². The first-order valence-electron chi connectivity index (χ1n) is 5.33. The van der Waals surface area contributed by atoms with Gasteiger partial charge in [-0.05, 0) is 6.42 Å². The van der Waals surface area contributed by atoms with E-state index in [-0.39, 0.29) is 6.42 Å². The summed E-state index contributed by atoms with van der Waals surface area (Å²) in [6.45, 7) is 2.99. The molecule has 0 spiro atoms. The zero-order valence-electron chi connectivity index (χ0n) is 9.02. The maximum absolute atomic E-state index is 10.4. The van der Waals surface area contributed by atoms with Gasteiger partial charge in [-0.1, -0.05) is 31.4 Å². The number of carboxylic acids is 1. The van der Waals surface area contributed by atoms with E-state index in [9.17, 15) is 4.79 Å². The third-order valence-corrected chi connectivity index (χ3v) is 2.16. The topological polar surface area (TPSA) is 68.0 Å². The molecule has 0 radical (unpaired) electrons. The Morgan fingerprint density at radius 3 is 2.93 bits per heavy atom. The Bertz CT molecular complexity index is 309. The lowest BCUT2D eigenvalue weighted by Crippen LogP contribution is -2.00. The van der Waals surface area contributed by atoms with Gasteiger partial charge in [0.1, 0.15) is 0 Å². The summed E-state index contributed by atoms with van der Waals surface area (Å²) < 4.78 is 1.72. The number of nitrogens with zero attached hydrogens (tertiary/aromatic N) is 3. The number of aromatic nitrogens is 3. The van der Waals surface area contributed by atoms with Gasteiger partial charge in [-0.3, -0.25) is 9.48 Å². The van der Waals surface area contributed by atoms with Crippen LogP contribution in [0.25, 0.3) is 0 Å². The fourth-order valence-electron chi connectivity index (χ4n) is 1.38. The van der Waals surface area contributed by atoms with Crippen molar-refractivity contribution in [3.05, 3.63) is 11.9 Å². The van der Waals surface area contributed by atoms with Gasteiger partial charge in [-0.2, -0.15) is 0 Å². The van der Waals surface area contributed by atoms with Gasteiger partial charge in [0, 0.05) is 12.7 Å². The molecule has 1 aromatic rings. The molecule has 0 bridgehead atoms. The van der Waals surface area contributed by atoms with Crippen LogP contribution >= 0.6 is 0 Å². The summed E-state index contributed by atoms with van der Waals surface area (Å²) >= 11 is 0. The Labute approximate surface area is 89.1 Å². The molecule has 5 heteroatoms. The molecule has 1 N–H and O–H groups in total. The molecular weight excluding hydrogens is 194 g/mol. The second-order valence-electron chi connectivity index (χ2n) is 3.60. The van der Waals surface area contributed by atoms with E-state index in [1.165, 1.54) is 19.3 Å². The predicted molar refractivity (Wildman–Crippen MR) is 55.5 cm³/mol. The molecule has 1 aromatic heterocycles. The molecule has 0 amide bonds. The normalized spacial score (nSPS) is 10.5. The predicted octanol–water partition coefficient (Wildman–Crippen LogP) is 1.49. The van der Waals surface area contributed by atoms with Crippen LogP contribution in [0.15, 0.2) is 6.20 Å². The first kappa shape index (κ1) is 11.7. The average molecular weight is 211 g/mol. The summed E-state index contributed by atoms with van der Waals surface area (Å²) in [5.41, 5.74) is 0.526. The second-order valence-corrected chi connectivity index (χ2v) is 3.60. The minimum atomic E-state index is -0.868. The minimum Gasteiger partial charge on any atom is -0.481 e. The van der Waals surface area contributed by atoms with Crippen LogP contribution in [0.1, 0.15) is 38.3 Å².